The number of hydrogen-bond donors (Lipinski definition) is 2. The molecule has 0 bridgehead atoms. The maximum atomic E-state index is 12.7. The first-order valence-electron chi connectivity index (χ1n) is 34.1. The molecular formula is C69H130NO8P. The molecule has 0 rings (SSSR count). The highest BCUT2D eigenvalue weighted by Crippen LogP contribution is 2.43. The summed E-state index contributed by atoms with van der Waals surface area (Å²) < 4.78 is 33.1. The molecule has 0 aliphatic rings. The zero-order valence-electron chi connectivity index (χ0n) is 52.1. The Morgan fingerprint density at radius 1 is 0.392 bits per heavy atom. The minimum Gasteiger partial charge on any atom is -0.462 e. The molecule has 464 valence electrons. The predicted octanol–water partition coefficient (Wildman–Crippen LogP) is 22.1. The second kappa shape index (κ2) is 65.1. The summed E-state index contributed by atoms with van der Waals surface area (Å²) in [6.45, 7) is 3.69. The van der Waals surface area contributed by atoms with Crippen LogP contribution in [0.5, 0.6) is 0 Å². The number of rotatable bonds is 65. The van der Waals surface area contributed by atoms with E-state index in [0.717, 1.165) is 70.6 Å². The highest BCUT2D eigenvalue weighted by atomic mass is 31.2. The number of ether oxygens (including phenoxy) is 2. The molecule has 0 aromatic carbocycles. The summed E-state index contributed by atoms with van der Waals surface area (Å²) in [6.07, 6.45) is 82.2. The topological polar surface area (TPSA) is 134 Å². The van der Waals surface area contributed by atoms with Gasteiger partial charge in [0.05, 0.1) is 13.2 Å². The molecule has 3 N–H and O–H groups in total. The summed E-state index contributed by atoms with van der Waals surface area (Å²) in [4.78, 5) is 35.3. The summed E-state index contributed by atoms with van der Waals surface area (Å²) in [6, 6.07) is 0. The third-order valence-corrected chi connectivity index (χ3v) is 16.2. The maximum Gasteiger partial charge on any atom is 0.472 e. The van der Waals surface area contributed by atoms with Crippen LogP contribution in [0.4, 0.5) is 0 Å². The fourth-order valence-electron chi connectivity index (χ4n) is 10.2. The van der Waals surface area contributed by atoms with Crippen LogP contribution in [0.1, 0.15) is 348 Å². The smallest absolute Gasteiger partial charge is 0.462 e. The largest absolute Gasteiger partial charge is 0.472 e. The average molecular weight is 1130 g/mol. The van der Waals surface area contributed by atoms with E-state index in [4.69, 9.17) is 24.3 Å². The summed E-state index contributed by atoms with van der Waals surface area (Å²) in [5.41, 5.74) is 5.40. The zero-order chi connectivity index (χ0) is 57.3. The first-order valence-corrected chi connectivity index (χ1v) is 35.6. The van der Waals surface area contributed by atoms with Crippen LogP contribution >= 0.6 is 7.82 Å². The Morgan fingerprint density at radius 3 is 1.04 bits per heavy atom. The third-order valence-electron chi connectivity index (χ3n) is 15.2. The summed E-state index contributed by atoms with van der Waals surface area (Å²) in [7, 11) is -4.39. The molecule has 0 aliphatic heterocycles. The Kier molecular flexibility index (Phi) is 63.5. The lowest BCUT2D eigenvalue weighted by molar-refractivity contribution is -0.161. The highest BCUT2D eigenvalue weighted by Gasteiger charge is 2.26. The third kappa shape index (κ3) is 65.0. The number of phosphoric ester groups is 1. The van der Waals surface area contributed by atoms with Crippen molar-refractivity contribution in [1.82, 2.24) is 0 Å². The molecule has 0 amide bonds. The average Bonchev–Trinajstić information content (AvgIpc) is 3.44. The molecule has 79 heavy (non-hydrogen) atoms. The van der Waals surface area contributed by atoms with E-state index in [9.17, 15) is 19.0 Å². The van der Waals surface area contributed by atoms with E-state index in [1.165, 1.54) is 244 Å². The van der Waals surface area contributed by atoms with Crippen LogP contribution in [-0.4, -0.2) is 49.3 Å². The van der Waals surface area contributed by atoms with Crippen LogP contribution in [0.3, 0.4) is 0 Å². The number of carbonyl (C=O) groups is 2. The van der Waals surface area contributed by atoms with Crippen LogP contribution < -0.4 is 5.73 Å². The minimum atomic E-state index is -4.39. The first kappa shape index (κ1) is 77.0. The van der Waals surface area contributed by atoms with Crippen LogP contribution in [0.2, 0.25) is 0 Å². The molecule has 0 fully saturated rings. The molecule has 9 nitrogen and oxygen atoms in total. The van der Waals surface area contributed by atoms with E-state index < -0.39 is 26.5 Å². The Morgan fingerprint density at radius 2 is 0.696 bits per heavy atom. The molecule has 0 aliphatic carbocycles. The van der Waals surface area contributed by atoms with Crippen molar-refractivity contribution in [2.75, 3.05) is 26.4 Å². The Balaban J connectivity index is 3.80. The van der Waals surface area contributed by atoms with Gasteiger partial charge < -0.3 is 20.1 Å². The Bertz CT molecular complexity index is 1430. The quantitative estimate of drug-likeness (QED) is 0.0264. The fraction of sp³-hybridized carbons (Fsp3) is 0.855. The molecule has 0 radical (unpaired) electrons. The van der Waals surface area contributed by atoms with Crippen molar-refractivity contribution in [2.24, 2.45) is 5.73 Å². The molecule has 0 heterocycles. The highest BCUT2D eigenvalue weighted by molar-refractivity contribution is 7.47. The lowest BCUT2D eigenvalue weighted by Gasteiger charge is -2.19. The van der Waals surface area contributed by atoms with E-state index >= 15 is 0 Å². The number of hydrogen-bond acceptors (Lipinski definition) is 8. The van der Waals surface area contributed by atoms with Gasteiger partial charge in [0.1, 0.15) is 6.61 Å². The molecule has 2 atom stereocenters. The van der Waals surface area contributed by atoms with Gasteiger partial charge in [-0.2, -0.15) is 0 Å². The van der Waals surface area contributed by atoms with Crippen molar-refractivity contribution in [3.05, 3.63) is 48.6 Å². The molecule has 2 unspecified atom stereocenters. The van der Waals surface area contributed by atoms with Crippen molar-refractivity contribution < 1.29 is 37.6 Å². The monoisotopic (exact) mass is 1130 g/mol. The van der Waals surface area contributed by atoms with Gasteiger partial charge in [-0.05, 0) is 51.4 Å². The Hall–Kier alpha value is -2.03. The van der Waals surface area contributed by atoms with Crippen LogP contribution in [0, 0.1) is 0 Å². The molecule has 0 aromatic heterocycles. The molecule has 0 saturated carbocycles. The normalized spacial score (nSPS) is 13.2. The first-order chi connectivity index (χ1) is 38.8. The maximum absolute atomic E-state index is 12.7. The Labute approximate surface area is 489 Å². The molecule has 10 heteroatoms. The number of phosphoric acid groups is 1. The van der Waals surface area contributed by atoms with Gasteiger partial charge in [-0.3, -0.25) is 18.6 Å². The van der Waals surface area contributed by atoms with Gasteiger partial charge in [0.2, 0.25) is 0 Å². The number of nitrogens with two attached hydrogens (primary N) is 1. The molecule has 0 saturated heterocycles. The molecular weight excluding hydrogens is 1000 g/mol. The standard InChI is InChI=1S/C69H130NO8P/c1-3-5-7-9-11-13-15-17-19-21-23-25-27-28-29-30-31-32-33-34-35-36-37-38-40-41-43-45-47-49-51-53-55-57-59-61-68(71)75-65-67(66-77-79(73,74)76-64-63-70)78-69(72)62-60-58-56-54-52-50-48-46-44-42-39-26-24-22-20-18-16-14-12-10-8-6-4-2/h6,8,12,14,18,20,24,26,67H,3-5,7,9-11,13,15-17,19,21-23,25,27-66,70H2,1-2H3,(H,73,74)/b8-6-,14-12-,20-18-,26-24-. The van der Waals surface area contributed by atoms with Gasteiger partial charge in [0, 0.05) is 19.4 Å². The van der Waals surface area contributed by atoms with Crippen molar-refractivity contribution in [3.8, 4) is 0 Å². The van der Waals surface area contributed by atoms with Gasteiger partial charge in [-0.15, -0.1) is 0 Å². The van der Waals surface area contributed by atoms with Gasteiger partial charge in [0.15, 0.2) is 6.10 Å². The molecule has 0 aromatic rings. The SMILES string of the molecule is CC/C=C\C/C=C\C/C=C\C/C=C\CCCCCCCCCCCCC(=O)OC(COC(=O)CCCCCCCCCCCCCCCCCCCCCCCCCCCCCCCCCCCCC)COP(=O)(O)OCCN. The second-order valence-corrected chi connectivity index (χ2v) is 24.5. The van der Waals surface area contributed by atoms with E-state index in [0.29, 0.717) is 6.42 Å². The number of unbranched alkanes of at least 4 members (excludes halogenated alkanes) is 44. The summed E-state index contributed by atoms with van der Waals surface area (Å²) in [5.74, 6) is -0.817. The fourth-order valence-corrected chi connectivity index (χ4v) is 11.0. The second-order valence-electron chi connectivity index (χ2n) is 23.0. The number of allylic oxidation sites excluding steroid dienone is 8. The van der Waals surface area contributed by atoms with Crippen LogP contribution in [0.15, 0.2) is 48.6 Å². The van der Waals surface area contributed by atoms with E-state index in [2.05, 4.69) is 62.5 Å². The number of carbonyl (C=O) groups excluding carboxylic acids is 2. The zero-order valence-corrected chi connectivity index (χ0v) is 53.0. The van der Waals surface area contributed by atoms with Crippen LogP contribution in [-0.2, 0) is 32.7 Å². The van der Waals surface area contributed by atoms with Gasteiger partial charge in [0.25, 0.3) is 0 Å². The lowest BCUT2D eigenvalue weighted by Crippen LogP contribution is -2.29. The van der Waals surface area contributed by atoms with Crippen molar-refractivity contribution in [2.45, 2.75) is 354 Å². The minimum absolute atomic E-state index is 0.0530. The van der Waals surface area contributed by atoms with Crippen LogP contribution in [0.25, 0.3) is 0 Å². The number of esters is 2. The van der Waals surface area contributed by atoms with E-state index in [1.807, 2.05) is 0 Å². The van der Waals surface area contributed by atoms with Gasteiger partial charge >= 0.3 is 19.8 Å². The summed E-state index contributed by atoms with van der Waals surface area (Å²) in [5, 5.41) is 0. The molecule has 0 spiro atoms. The van der Waals surface area contributed by atoms with Gasteiger partial charge in [-0.25, -0.2) is 4.57 Å². The van der Waals surface area contributed by atoms with Gasteiger partial charge in [-0.1, -0.05) is 332 Å². The lowest BCUT2D eigenvalue weighted by atomic mass is 10.0. The van der Waals surface area contributed by atoms with E-state index in [-0.39, 0.29) is 38.6 Å². The van der Waals surface area contributed by atoms with Crippen molar-refractivity contribution in [1.29, 1.82) is 0 Å². The van der Waals surface area contributed by atoms with Crippen molar-refractivity contribution in [3.63, 3.8) is 0 Å². The van der Waals surface area contributed by atoms with Crippen molar-refractivity contribution >= 4 is 19.8 Å². The summed E-state index contributed by atoms with van der Waals surface area (Å²) >= 11 is 0. The predicted molar refractivity (Wildman–Crippen MR) is 340 cm³/mol. The van der Waals surface area contributed by atoms with E-state index in [1.54, 1.807) is 0 Å².